The van der Waals surface area contributed by atoms with Gasteiger partial charge in [0, 0.05) is 23.6 Å². The molecule has 2 rings (SSSR count). The zero-order valence-electron chi connectivity index (χ0n) is 8.05. The molecule has 0 aliphatic rings. The second-order valence-electron chi connectivity index (χ2n) is 3.12. The lowest BCUT2D eigenvalue weighted by Gasteiger charge is -2.14. The van der Waals surface area contributed by atoms with Crippen LogP contribution in [0.25, 0.3) is 0 Å². The minimum Gasteiger partial charge on any atom is -0.467 e. The first-order chi connectivity index (χ1) is 7.33. The Labute approximate surface area is 87.1 Å². The summed E-state index contributed by atoms with van der Waals surface area (Å²) in [4.78, 5) is 4.01. The number of anilines is 1. The highest BCUT2D eigenvalue weighted by atomic mass is 16.3. The highest BCUT2D eigenvalue weighted by Crippen LogP contribution is 2.25. The van der Waals surface area contributed by atoms with Gasteiger partial charge in [-0.2, -0.15) is 0 Å². The van der Waals surface area contributed by atoms with E-state index in [0.29, 0.717) is 11.4 Å². The predicted octanol–water partition coefficient (Wildman–Crippen LogP) is 0.809. The van der Waals surface area contributed by atoms with Gasteiger partial charge in [-0.3, -0.25) is 10.8 Å². The zero-order chi connectivity index (χ0) is 10.7. The highest BCUT2D eigenvalue weighted by Gasteiger charge is 2.17. The van der Waals surface area contributed by atoms with Crippen molar-refractivity contribution in [2.24, 2.45) is 5.84 Å². The van der Waals surface area contributed by atoms with Crippen molar-refractivity contribution in [3.8, 4) is 0 Å². The highest BCUT2D eigenvalue weighted by molar-refractivity contribution is 5.48. The summed E-state index contributed by atoms with van der Waals surface area (Å²) >= 11 is 0. The molecule has 0 bridgehead atoms. The van der Waals surface area contributed by atoms with Crippen molar-refractivity contribution in [3.05, 3.63) is 48.2 Å². The van der Waals surface area contributed by atoms with Crippen LogP contribution >= 0.6 is 0 Å². The van der Waals surface area contributed by atoms with Gasteiger partial charge in [0.05, 0.1) is 6.26 Å². The fourth-order valence-corrected chi connectivity index (χ4v) is 1.44. The molecule has 5 heteroatoms. The number of nitrogen functional groups attached to an aromatic ring is 1. The van der Waals surface area contributed by atoms with Crippen LogP contribution in [0.1, 0.15) is 17.4 Å². The molecule has 0 spiro atoms. The minimum atomic E-state index is -0.270. The lowest BCUT2D eigenvalue weighted by Crippen LogP contribution is -2.29. The first-order valence-electron chi connectivity index (χ1n) is 4.52. The van der Waals surface area contributed by atoms with Gasteiger partial charge < -0.3 is 10.2 Å². The third-order valence-electron chi connectivity index (χ3n) is 2.19. The van der Waals surface area contributed by atoms with Crippen LogP contribution in [0.15, 0.2) is 41.3 Å². The van der Waals surface area contributed by atoms with E-state index in [4.69, 9.17) is 16.0 Å². The summed E-state index contributed by atoms with van der Waals surface area (Å²) in [5, 5.41) is 0. The summed E-state index contributed by atoms with van der Waals surface area (Å²) in [6, 6.07) is 5.08. The number of nitrogens with zero attached hydrogens (tertiary/aromatic N) is 1. The molecule has 78 valence electrons. The van der Waals surface area contributed by atoms with Gasteiger partial charge in [-0.15, -0.1) is 0 Å². The molecule has 5 nitrogen and oxygen atoms in total. The Balaban J connectivity index is 2.40. The maximum atomic E-state index is 5.83. The Bertz CT molecular complexity index is 427. The molecule has 0 aliphatic carbocycles. The van der Waals surface area contributed by atoms with Crippen LogP contribution in [0.2, 0.25) is 0 Å². The third-order valence-corrected chi connectivity index (χ3v) is 2.19. The standard InChI is InChI=1S/C10H12N4O/c11-8-3-4-13-6-7(8)10(14-12)9-2-1-5-15-9/h1-6,10,14H,12H2,(H2,11,13). The number of aromatic nitrogens is 1. The number of hydrogen-bond donors (Lipinski definition) is 3. The molecule has 15 heavy (non-hydrogen) atoms. The summed E-state index contributed by atoms with van der Waals surface area (Å²) < 4.78 is 5.27. The Kier molecular flexibility index (Phi) is 2.66. The Hall–Kier alpha value is -1.85. The molecule has 0 fully saturated rings. The van der Waals surface area contributed by atoms with Gasteiger partial charge in [0.2, 0.25) is 0 Å². The van der Waals surface area contributed by atoms with E-state index in [2.05, 4.69) is 10.4 Å². The Morgan fingerprint density at radius 2 is 2.27 bits per heavy atom. The quantitative estimate of drug-likeness (QED) is 0.508. The van der Waals surface area contributed by atoms with Crippen molar-refractivity contribution in [1.29, 1.82) is 0 Å². The Morgan fingerprint density at radius 1 is 1.40 bits per heavy atom. The first kappa shape index (κ1) is 9.70. The number of pyridine rings is 1. The van der Waals surface area contributed by atoms with E-state index in [0.717, 1.165) is 5.56 Å². The molecular formula is C10H12N4O. The number of nitrogens with two attached hydrogens (primary N) is 2. The Morgan fingerprint density at radius 3 is 2.87 bits per heavy atom. The van der Waals surface area contributed by atoms with Gasteiger partial charge in [0.25, 0.3) is 0 Å². The van der Waals surface area contributed by atoms with Gasteiger partial charge in [-0.25, -0.2) is 5.43 Å². The van der Waals surface area contributed by atoms with Gasteiger partial charge >= 0.3 is 0 Å². The first-order valence-corrected chi connectivity index (χ1v) is 4.52. The average molecular weight is 204 g/mol. The van der Waals surface area contributed by atoms with Crippen molar-refractivity contribution in [2.75, 3.05) is 5.73 Å². The predicted molar refractivity (Wildman–Crippen MR) is 56.5 cm³/mol. The number of rotatable bonds is 3. The molecule has 2 aromatic rings. The van der Waals surface area contributed by atoms with E-state index in [1.54, 1.807) is 30.8 Å². The maximum absolute atomic E-state index is 5.83. The van der Waals surface area contributed by atoms with Crippen LogP contribution in [0.3, 0.4) is 0 Å². The fourth-order valence-electron chi connectivity index (χ4n) is 1.44. The van der Waals surface area contributed by atoms with Crippen molar-refractivity contribution >= 4 is 5.69 Å². The van der Waals surface area contributed by atoms with Gasteiger partial charge in [-0.1, -0.05) is 0 Å². The number of hydrazine groups is 1. The molecule has 0 saturated heterocycles. The molecule has 2 heterocycles. The van der Waals surface area contributed by atoms with E-state index in [1.807, 2.05) is 6.07 Å². The lowest BCUT2D eigenvalue weighted by atomic mass is 10.1. The smallest absolute Gasteiger partial charge is 0.126 e. The van der Waals surface area contributed by atoms with E-state index in [-0.39, 0.29) is 6.04 Å². The number of hydrogen-bond acceptors (Lipinski definition) is 5. The molecule has 0 aromatic carbocycles. The second kappa shape index (κ2) is 4.12. The normalized spacial score (nSPS) is 12.6. The monoisotopic (exact) mass is 204 g/mol. The molecule has 1 unspecified atom stereocenters. The molecular weight excluding hydrogens is 192 g/mol. The van der Waals surface area contributed by atoms with Crippen LogP contribution in [0, 0.1) is 0 Å². The van der Waals surface area contributed by atoms with Gasteiger partial charge in [-0.05, 0) is 18.2 Å². The molecule has 1 atom stereocenters. The maximum Gasteiger partial charge on any atom is 0.126 e. The lowest BCUT2D eigenvalue weighted by molar-refractivity contribution is 0.452. The van der Waals surface area contributed by atoms with Crippen LogP contribution < -0.4 is 17.0 Å². The number of nitrogens with one attached hydrogen (secondary N) is 1. The van der Waals surface area contributed by atoms with Crippen molar-refractivity contribution < 1.29 is 4.42 Å². The SMILES string of the molecule is NNC(c1ccco1)c1cnccc1N. The summed E-state index contributed by atoms with van der Waals surface area (Å²) in [5.41, 5.74) is 9.90. The molecule has 2 aromatic heterocycles. The van der Waals surface area contributed by atoms with E-state index < -0.39 is 0 Å². The molecule has 0 aliphatic heterocycles. The van der Waals surface area contributed by atoms with Crippen LogP contribution in [-0.4, -0.2) is 4.98 Å². The van der Waals surface area contributed by atoms with Crippen molar-refractivity contribution in [3.63, 3.8) is 0 Å². The second-order valence-corrected chi connectivity index (χ2v) is 3.12. The summed E-state index contributed by atoms with van der Waals surface area (Å²) in [5.74, 6) is 6.18. The summed E-state index contributed by atoms with van der Waals surface area (Å²) in [6.07, 6.45) is 4.89. The van der Waals surface area contributed by atoms with Crippen molar-refractivity contribution in [2.45, 2.75) is 6.04 Å². The van der Waals surface area contributed by atoms with Crippen LogP contribution in [0.4, 0.5) is 5.69 Å². The molecule has 0 saturated carbocycles. The zero-order valence-corrected chi connectivity index (χ0v) is 8.05. The topological polar surface area (TPSA) is 90.1 Å². The number of furan rings is 1. The third kappa shape index (κ3) is 1.83. The largest absolute Gasteiger partial charge is 0.467 e. The van der Waals surface area contributed by atoms with E-state index in [1.165, 1.54) is 0 Å². The fraction of sp³-hybridized carbons (Fsp3) is 0.100. The van der Waals surface area contributed by atoms with Crippen LogP contribution in [-0.2, 0) is 0 Å². The summed E-state index contributed by atoms with van der Waals surface area (Å²) in [6.45, 7) is 0. The average Bonchev–Trinajstić information content (AvgIpc) is 2.75. The molecule has 0 amide bonds. The summed E-state index contributed by atoms with van der Waals surface area (Å²) in [7, 11) is 0. The van der Waals surface area contributed by atoms with Crippen molar-refractivity contribution in [1.82, 2.24) is 10.4 Å². The molecule has 0 radical (unpaired) electrons. The molecule has 5 N–H and O–H groups in total. The van der Waals surface area contributed by atoms with E-state index >= 15 is 0 Å². The minimum absolute atomic E-state index is 0.270. The van der Waals surface area contributed by atoms with Gasteiger partial charge in [0.1, 0.15) is 11.8 Å². The van der Waals surface area contributed by atoms with Crippen LogP contribution in [0.5, 0.6) is 0 Å². The van der Waals surface area contributed by atoms with E-state index in [9.17, 15) is 0 Å². The van der Waals surface area contributed by atoms with Gasteiger partial charge in [0.15, 0.2) is 0 Å².